The first-order chi connectivity index (χ1) is 36.7. The monoisotopic (exact) mass is 1090 g/mol. The van der Waals surface area contributed by atoms with Gasteiger partial charge in [-0.1, -0.05) is 133 Å². The second kappa shape index (κ2) is 22.2. The first-order valence-corrected chi connectivity index (χ1v) is 28.8. The first kappa shape index (κ1) is 53.5. The molecule has 16 heteroatoms. The lowest BCUT2D eigenvalue weighted by molar-refractivity contribution is -0.166. The van der Waals surface area contributed by atoms with E-state index in [9.17, 15) is 19.2 Å². The summed E-state index contributed by atoms with van der Waals surface area (Å²) in [4.78, 5) is 61.1. The number of hydrogen-bond acceptors (Lipinski definition) is 12. The molecule has 4 amide bonds. The fraction of sp³-hybridized carbons (Fsp3) is 0.333. The Labute approximate surface area is 462 Å². The molecule has 0 aliphatic carbocycles. The van der Waals surface area contributed by atoms with Crippen LogP contribution in [0.3, 0.4) is 0 Å². The number of carbonyl (C=O) groups is 4. The van der Waals surface area contributed by atoms with Crippen molar-refractivity contribution >= 4 is 70.7 Å². The summed E-state index contributed by atoms with van der Waals surface area (Å²) < 4.78 is 23.0. The van der Waals surface area contributed by atoms with E-state index in [1.165, 1.54) is 47.0 Å². The molecule has 12 nitrogen and oxygen atoms in total. The number of hydrogen-bond donors (Lipinski definition) is 0. The third kappa shape index (κ3) is 10.0. The van der Waals surface area contributed by atoms with E-state index in [1.54, 1.807) is 62.0 Å². The van der Waals surface area contributed by atoms with E-state index in [2.05, 4.69) is 48.5 Å². The van der Waals surface area contributed by atoms with Crippen molar-refractivity contribution < 1.29 is 38.1 Å². The molecule has 6 aliphatic rings. The zero-order valence-corrected chi connectivity index (χ0v) is 46.8. The Kier molecular flexibility index (Phi) is 15.7. The van der Waals surface area contributed by atoms with Crippen molar-refractivity contribution in [3.63, 3.8) is 0 Å². The summed E-state index contributed by atoms with van der Waals surface area (Å²) in [7, 11) is 10.3. The summed E-state index contributed by atoms with van der Waals surface area (Å²) in [5, 5.41) is 0. The fourth-order valence-corrected chi connectivity index (χ4v) is 18.1. The van der Waals surface area contributed by atoms with Crippen molar-refractivity contribution in [1.29, 1.82) is 0 Å². The van der Waals surface area contributed by atoms with Gasteiger partial charge in [0.25, 0.3) is 23.6 Å². The molecule has 394 valence electrons. The van der Waals surface area contributed by atoms with Gasteiger partial charge in [0.1, 0.15) is 11.5 Å². The van der Waals surface area contributed by atoms with E-state index in [-0.39, 0.29) is 46.0 Å². The van der Waals surface area contributed by atoms with Crippen molar-refractivity contribution in [3.8, 4) is 11.5 Å². The summed E-state index contributed by atoms with van der Waals surface area (Å²) in [6.07, 6.45) is 2.19. The predicted octanol–water partition coefficient (Wildman–Crippen LogP) is 10.0. The van der Waals surface area contributed by atoms with Crippen LogP contribution in [0.1, 0.15) is 53.7 Å². The van der Waals surface area contributed by atoms with Crippen molar-refractivity contribution in [1.82, 2.24) is 19.6 Å². The normalized spacial score (nSPS) is 25.2. The molecule has 0 radical (unpaired) electrons. The van der Waals surface area contributed by atoms with E-state index in [0.29, 0.717) is 26.1 Å². The lowest BCUT2D eigenvalue weighted by Crippen LogP contribution is -2.73. The Morgan fingerprint density at radius 3 is 1.03 bits per heavy atom. The van der Waals surface area contributed by atoms with Crippen molar-refractivity contribution in [2.45, 2.75) is 67.5 Å². The zero-order valence-electron chi connectivity index (χ0n) is 43.5. The minimum Gasteiger partial charge on any atom is -0.497 e. The van der Waals surface area contributed by atoms with Gasteiger partial charge < -0.3 is 38.5 Å². The van der Waals surface area contributed by atoms with Crippen LogP contribution in [0.5, 0.6) is 11.5 Å². The summed E-state index contributed by atoms with van der Waals surface area (Å²) in [6, 6.07) is 52.1. The Morgan fingerprint density at radius 2 is 0.684 bits per heavy atom. The molecule has 0 N–H and O–H groups in total. The number of benzene rings is 6. The highest BCUT2D eigenvalue weighted by molar-refractivity contribution is 8.19. The second-order valence-electron chi connectivity index (χ2n) is 19.7. The van der Waals surface area contributed by atoms with Crippen LogP contribution in [0.2, 0.25) is 0 Å². The number of thioether (sulfide) groups is 4. The van der Waals surface area contributed by atoms with Crippen LogP contribution < -0.4 is 9.47 Å². The zero-order chi connectivity index (χ0) is 53.2. The van der Waals surface area contributed by atoms with Crippen LogP contribution in [0.4, 0.5) is 0 Å². The molecule has 6 aromatic rings. The Morgan fingerprint density at radius 1 is 0.382 bits per heavy atom. The minimum atomic E-state index is -1.28. The Hall–Kier alpha value is -5.88. The quantitative estimate of drug-likeness (QED) is 0.0769. The summed E-state index contributed by atoms with van der Waals surface area (Å²) in [5.41, 5.74) is 8.10. The van der Waals surface area contributed by atoms with E-state index < -0.39 is 19.5 Å². The van der Waals surface area contributed by atoms with Crippen LogP contribution in [0.25, 0.3) is 0 Å². The molecule has 4 bridgehead atoms. The number of ether oxygens (including phenoxy) is 4. The lowest BCUT2D eigenvalue weighted by Gasteiger charge is -2.51. The highest BCUT2D eigenvalue weighted by Crippen LogP contribution is 2.63. The minimum absolute atomic E-state index is 0.0339. The van der Waals surface area contributed by atoms with Gasteiger partial charge in [0, 0.05) is 41.0 Å². The largest absolute Gasteiger partial charge is 0.497 e. The Bertz CT molecular complexity index is 2840. The van der Waals surface area contributed by atoms with Gasteiger partial charge in [0.05, 0.1) is 49.8 Å². The average molecular weight is 1100 g/mol. The van der Waals surface area contributed by atoms with E-state index >= 15 is 0 Å². The van der Waals surface area contributed by atoms with Gasteiger partial charge in [-0.3, -0.25) is 19.2 Å². The van der Waals surface area contributed by atoms with Crippen molar-refractivity contribution in [2.75, 3.05) is 55.6 Å². The molecule has 6 aliphatic heterocycles. The molecule has 76 heavy (non-hydrogen) atoms. The maximum Gasteiger partial charge on any atom is 0.262 e. The number of carbonyl (C=O) groups excluding carboxylic acids is 4. The third-order valence-corrected chi connectivity index (χ3v) is 22.1. The number of likely N-dealkylation sites (N-methyl/N-ethyl adjacent to an activating group) is 4. The van der Waals surface area contributed by atoms with Crippen LogP contribution in [-0.2, 0) is 67.5 Å². The Balaban J connectivity index is 0.838. The molecular weight excluding hydrogens is 1030 g/mol. The maximum absolute atomic E-state index is 14.9. The van der Waals surface area contributed by atoms with Gasteiger partial charge in [-0.15, -0.1) is 47.0 Å². The van der Waals surface area contributed by atoms with Gasteiger partial charge in [-0.25, -0.2) is 0 Å². The fourth-order valence-electron chi connectivity index (χ4n) is 10.5. The first-order valence-electron chi connectivity index (χ1n) is 25.3. The lowest BCUT2D eigenvalue weighted by atomic mass is 9.95. The van der Waals surface area contributed by atoms with E-state index in [0.717, 1.165) is 68.8 Å². The summed E-state index contributed by atoms with van der Waals surface area (Å²) in [6.45, 7) is 0.692. The van der Waals surface area contributed by atoms with E-state index in [1.807, 2.05) is 109 Å². The smallest absolute Gasteiger partial charge is 0.262 e. The van der Waals surface area contributed by atoms with Crippen molar-refractivity contribution in [2.24, 2.45) is 0 Å². The number of methoxy groups -OCH3 is 2. The van der Waals surface area contributed by atoms with Gasteiger partial charge in [0.2, 0.25) is 0 Å². The molecule has 12 rings (SSSR count). The summed E-state index contributed by atoms with van der Waals surface area (Å²) >= 11 is 5.96. The molecular formula is C60H62N4O8S4. The van der Waals surface area contributed by atoms with Crippen LogP contribution >= 0.6 is 47.0 Å². The SMILES string of the molecule is COc1ccc(C2SC3(Cc4ccc(CCc5ccc(C[C@@]67SC(c8ccc(OC)cc8)S[C@@](COCc8ccccc8)(C(=O)N6C)N(C)C7=O)cc5)cc4)C(=O)N(C)[C@@](COCc4ccccc4)(S2)C(=O)N3C)cc1. The number of nitrogens with zero attached hydrogens (tertiary/aromatic N) is 4. The van der Waals surface area contributed by atoms with Crippen LogP contribution in [-0.4, -0.2) is 118 Å². The number of aryl methyl sites for hydroxylation is 2. The molecule has 6 atom stereocenters. The van der Waals surface area contributed by atoms with Gasteiger partial charge in [0.15, 0.2) is 19.5 Å². The van der Waals surface area contributed by atoms with Crippen molar-refractivity contribution in [3.05, 3.63) is 202 Å². The maximum atomic E-state index is 14.9. The van der Waals surface area contributed by atoms with Gasteiger partial charge in [-0.05, 0) is 81.6 Å². The molecule has 0 aromatic heterocycles. The second-order valence-corrected chi connectivity index (χ2v) is 25.8. The number of piperazine rings is 2. The highest BCUT2D eigenvalue weighted by atomic mass is 32.2. The molecule has 6 heterocycles. The standard InChI is InChI=1S/C60H62N4O8S4/c1-61-55(67)59(39-71-37-45-13-9-7-10-14-45)63(3)53(65)57(61,73-51(75-59)47-27-31-49(69-5)32-28-47)35-43-23-19-41(20-24-43)17-18-42-21-25-44(26-22-42)36-58-54(66)64(4)60(56(68)62(58)2,40-72-38-46-15-11-8-12-16-46)76-52(74-58)48-29-33-50(70-6)34-30-48/h7-16,19-34,51-52H,17-18,35-40H2,1-6H3/t51?,52?,57-,58?,59-,60-/m0/s1. The number of rotatable bonds is 19. The van der Waals surface area contributed by atoms with E-state index in [4.69, 9.17) is 18.9 Å². The predicted molar refractivity (Wildman–Crippen MR) is 304 cm³/mol. The number of amides is 4. The topological polar surface area (TPSA) is 118 Å². The summed E-state index contributed by atoms with van der Waals surface area (Å²) in [5.74, 6) is 0.858. The molecule has 0 spiro atoms. The third-order valence-electron chi connectivity index (χ3n) is 15.2. The van der Waals surface area contributed by atoms with Crippen LogP contribution in [0.15, 0.2) is 158 Å². The average Bonchev–Trinajstić information content (AvgIpc) is 3.72. The van der Waals surface area contributed by atoms with Gasteiger partial charge >= 0.3 is 0 Å². The molecule has 0 saturated carbocycles. The van der Waals surface area contributed by atoms with Crippen LogP contribution in [0, 0.1) is 0 Å². The molecule has 6 saturated heterocycles. The highest BCUT2D eigenvalue weighted by Gasteiger charge is 2.68. The number of fused-ring (bicyclic) bond motifs is 8. The molecule has 6 fully saturated rings. The molecule has 3 unspecified atom stereocenters. The molecule has 6 aromatic carbocycles. The van der Waals surface area contributed by atoms with Gasteiger partial charge in [-0.2, -0.15) is 0 Å².